The highest BCUT2D eigenvalue weighted by atomic mass is 28.3. The number of nitrogens with zero attached hydrogens (tertiary/aromatic N) is 2. The van der Waals surface area contributed by atoms with Crippen LogP contribution >= 0.6 is 0 Å². The van der Waals surface area contributed by atoms with Crippen molar-refractivity contribution in [2.75, 3.05) is 0 Å². The average molecular weight is 423 g/mol. The van der Waals surface area contributed by atoms with E-state index in [1.165, 1.54) is 0 Å². The number of rotatable bonds is 5. The molecule has 29 heavy (non-hydrogen) atoms. The van der Waals surface area contributed by atoms with Crippen LogP contribution in [0.1, 0.15) is 50.4 Å². The molecular weight excluding hydrogens is 392 g/mol. The zero-order chi connectivity index (χ0) is 22.1. The van der Waals surface area contributed by atoms with E-state index in [-0.39, 0.29) is 22.6 Å². The molecule has 1 saturated carbocycles. The molecule has 8 nitrogen and oxygen atoms in total. The van der Waals surface area contributed by atoms with Crippen LogP contribution in [-0.4, -0.2) is 30.0 Å². The largest absolute Gasteiger partial charge is 0.459 e. The fourth-order valence-electron chi connectivity index (χ4n) is 4.17. The topological polar surface area (TPSA) is 113 Å². The van der Waals surface area contributed by atoms with Crippen LogP contribution in [0.3, 0.4) is 0 Å². The summed E-state index contributed by atoms with van der Waals surface area (Å²) in [6.45, 7) is 13.3. The maximum atomic E-state index is 12.8. The van der Waals surface area contributed by atoms with Gasteiger partial charge in [0.15, 0.2) is 0 Å². The Morgan fingerprint density at radius 1 is 1.03 bits per heavy atom. The highest BCUT2D eigenvalue weighted by Gasteiger charge is 2.43. The molecule has 9 heteroatoms. The number of hydrogen-bond donors (Lipinski definition) is 0. The monoisotopic (exact) mass is 422 g/mol. The zero-order valence-corrected chi connectivity index (χ0v) is 18.9. The summed E-state index contributed by atoms with van der Waals surface area (Å²) in [5.41, 5.74) is -0.788. The fraction of sp³-hybridized carbons (Fsp3) is 0.650. The fourth-order valence-corrected chi connectivity index (χ4v) is 6.52. The number of non-ortho nitro benzene ring substituents is 2. The number of nitro benzene ring substituents is 2. The number of nitro groups is 2. The Balaban J connectivity index is 2.34. The molecule has 0 saturated heterocycles. The van der Waals surface area contributed by atoms with Crippen LogP contribution in [0.25, 0.3) is 0 Å². The number of carbonyl (C=O) groups is 1. The van der Waals surface area contributed by atoms with Crippen LogP contribution in [0.15, 0.2) is 18.2 Å². The molecule has 1 aromatic rings. The molecule has 0 radical (unpaired) electrons. The quantitative estimate of drug-likeness (QED) is 0.265. The second kappa shape index (κ2) is 8.21. The first-order valence-corrected chi connectivity index (χ1v) is 13.4. The SMILES string of the molecule is CC(C)(C)[C@H]1CC[C@@H]([Si](C)(C)C)[C@H](OC(=O)c2cc([N+](=O)[O-])cc([N+](=O)[O-])c2)C1. The average Bonchev–Trinajstić information content (AvgIpc) is 2.59. The third-order valence-corrected chi connectivity index (χ3v) is 8.83. The third kappa shape index (κ3) is 5.62. The van der Waals surface area contributed by atoms with Gasteiger partial charge in [0.05, 0.1) is 29.6 Å². The van der Waals surface area contributed by atoms with E-state index in [2.05, 4.69) is 40.4 Å². The number of esters is 1. The molecule has 0 bridgehead atoms. The predicted octanol–water partition coefficient (Wildman–Crippen LogP) is 5.58. The number of hydrogen-bond acceptors (Lipinski definition) is 6. The van der Waals surface area contributed by atoms with Crippen molar-refractivity contribution in [3.8, 4) is 0 Å². The van der Waals surface area contributed by atoms with Gasteiger partial charge in [-0.15, -0.1) is 0 Å². The van der Waals surface area contributed by atoms with Gasteiger partial charge < -0.3 is 4.74 Å². The second-order valence-corrected chi connectivity index (χ2v) is 15.5. The first-order valence-electron chi connectivity index (χ1n) is 9.85. The van der Waals surface area contributed by atoms with Crippen molar-refractivity contribution in [2.24, 2.45) is 11.3 Å². The van der Waals surface area contributed by atoms with Gasteiger partial charge in [-0.05, 0) is 36.1 Å². The predicted molar refractivity (Wildman–Crippen MR) is 113 cm³/mol. The third-order valence-electron chi connectivity index (χ3n) is 5.95. The van der Waals surface area contributed by atoms with E-state index in [1.807, 2.05) is 0 Å². The minimum atomic E-state index is -1.63. The summed E-state index contributed by atoms with van der Waals surface area (Å²) < 4.78 is 5.86. The molecule has 1 fully saturated rings. The van der Waals surface area contributed by atoms with Crippen LogP contribution < -0.4 is 0 Å². The van der Waals surface area contributed by atoms with Crippen molar-refractivity contribution >= 4 is 25.4 Å². The molecule has 0 amide bonds. The standard InChI is InChI=1S/C20H30N2O6Si/c1-20(2,3)14-7-8-18(29(4,5)6)17(11-14)28-19(23)13-9-15(21(24)25)12-16(10-13)22(26)27/h9-10,12,14,17-18H,7-8,11H2,1-6H3/t14-,17+,18+/m0/s1. The van der Waals surface area contributed by atoms with Crippen molar-refractivity contribution in [2.45, 2.75) is 71.3 Å². The number of ether oxygens (including phenoxy) is 1. The Bertz CT molecular complexity index is 780. The Morgan fingerprint density at radius 3 is 1.97 bits per heavy atom. The maximum absolute atomic E-state index is 12.8. The molecule has 0 N–H and O–H groups in total. The Kier molecular flexibility index (Phi) is 6.51. The van der Waals surface area contributed by atoms with Crippen molar-refractivity contribution in [3.05, 3.63) is 44.0 Å². The molecule has 1 aliphatic rings. The zero-order valence-electron chi connectivity index (χ0n) is 17.9. The molecule has 2 rings (SSSR count). The van der Waals surface area contributed by atoms with E-state index in [4.69, 9.17) is 4.74 Å². The van der Waals surface area contributed by atoms with E-state index in [0.29, 0.717) is 5.92 Å². The van der Waals surface area contributed by atoms with Crippen LogP contribution in [0.4, 0.5) is 11.4 Å². The summed E-state index contributed by atoms with van der Waals surface area (Å²) in [6, 6.07) is 2.93. The first kappa shape index (κ1) is 23.0. The van der Waals surface area contributed by atoms with Gasteiger partial charge in [0, 0.05) is 12.1 Å². The van der Waals surface area contributed by atoms with Gasteiger partial charge in [-0.25, -0.2) is 4.79 Å². The minimum Gasteiger partial charge on any atom is -0.459 e. The molecule has 3 atom stereocenters. The molecule has 1 aromatic carbocycles. The summed E-state index contributed by atoms with van der Waals surface area (Å²) in [5, 5.41) is 22.2. The van der Waals surface area contributed by atoms with Gasteiger partial charge in [0.25, 0.3) is 11.4 Å². The minimum absolute atomic E-state index is 0.0827. The Hall–Kier alpha value is -2.29. The lowest BCUT2D eigenvalue weighted by atomic mass is 9.71. The lowest BCUT2D eigenvalue weighted by Crippen LogP contribution is -2.44. The van der Waals surface area contributed by atoms with Gasteiger partial charge in [-0.3, -0.25) is 20.2 Å². The van der Waals surface area contributed by atoms with Crippen LogP contribution in [0, 0.1) is 31.6 Å². The van der Waals surface area contributed by atoms with Crippen LogP contribution in [0.2, 0.25) is 25.2 Å². The van der Waals surface area contributed by atoms with Gasteiger partial charge in [-0.1, -0.05) is 40.4 Å². The molecule has 0 aromatic heterocycles. The normalized spacial score (nSPS) is 22.8. The van der Waals surface area contributed by atoms with E-state index in [0.717, 1.165) is 37.5 Å². The second-order valence-electron chi connectivity index (χ2n) is 10.0. The summed E-state index contributed by atoms with van der Waals surface area (Å²) in [6.07, 6.45) is 2.51. The molecule has 0 heterocycles. The number of benzene rings is 1. The summed E-state index contributed by atoms with van der Waals surface area (Å²) >= 11 is 0. The molecule has 1 aliphatic carbocycles. The molecular formula is C20H30N2O6Si. The first-order chi connectivity index (χ1) is 13.2. The van der Waals surface area contributed by atoms with Crippen molar-refractivity contribution in [3.63, 3.8) is 0 Å². The van der Waals surface area contributed by atoms with Crippen LogP contribution in [0.5, 0.6) is 0 Å². The molecule has 160 valence electrons. The summed E-state index contributed by atoms with van der Waals surface area (Å²) in [7, 11) is -1.63. The molecule has 0 unspecified atom stereocenters. The smallest absolute Gasteiger partial charge is 0.338 e. The van der Waals surface area contributed by atoms with Crippen LogP contribution in [-0.2, 0) is 4.74 Å². The van der Waals surface area contributed by atoms with E-state index in [1.54, 1.807) is 0 Å². The Labute approximate surface area is 171 Å². The van der Waals surface area contributed by atoms with Gasteiger partial charge in [0.1, 0.15) is 6.10 Å². The molecule has 0 spiro atoms. The van der Waals surface area contributed by atoms with Gasteiger partial charge >= 0.3 is 5.97 Å². The van der Waals surface area contributed by atoms with Gasteiger partial charge in [-0.2, -0.15) is 0 Å². The summed E-state index contributed by atoms with van der Waals surface area (Å²) in [4.78, 5) is 33.6. The van der Waals surface area contributed by atoms with E-state index >= 15 is 0 Å². The summed E-state index contributed by atoms with van der Waals surface area (Å²) in [5.74, 6) is -0.341. The highest BCUT2D eigenvalue weighted by molar-refractivity contribution is 6.77. The van der Waals surface area contributed by atoms with Crippen molar-refractivity contribution in [1.82, 2.24) is 0 Å². The maximum Gasteiger partial charge on any atom is 0.338 e. The number of carbonyl (C=O) groups excluding carboxylic acids is 1. The van der Waals surface area contributed by atoms with Crippen molar-refractivity contribution < 1.29 is 19.4 Å². The van der Waals surface area contributed by atoms with Crippen molar-refractivity contribution in [1.29, 1.82) is 0 Å². The lowest BCUT2D eigenvalue weighted by Gasteiger charge is -2.45. The van der Waals surface area contributed by atoms with E-state index in [9.17, 15) is 25.0 Å². The lowest BCUT2D eigenvalue weighted by molar-refractivity contribution is -0.394. The Morgan fingerprint density at radius 2 is 1.55 bits per heavy atom. The van der Waals surface area contributed by atoms with E-state index < -0.39 is 35.3 Å². The highest BCUT2D eigenvalue weighted by Crippen LogP contribution is 2.47. The molecule has 0 aliphatic heterocycles. The van der Waals surface area contributed by atoms with Gasteiger partial charge in [0.2, 0.25) is 0 Å².